The second-order valence-corrected chi connectivity index (χ2v) is 5.71. The normalized spacial score (nSPS) is 16.8. The summed E-state index contributed by atoms with van der Waals surface area (Å²) in [6, 6.07) is 4.82. The van der Waals surface area contributed by atoms with Gasteiger partial charge in [-0.25, -0.2) is 0 Å². The van der Waals surface area contributed by atoms with E-state index in [1.165, 1.54) is 14.2 Å². The third kappa shape index (κ3) is 3.32. The molecule has 2 amide bonds. The molecule has 0 radical (unpaired) electrons. The molecule has 1 aromatic rings. The van der Waals surface area contributed by atoms with Crippen molar-refractivity contribution in [2.75, 3.05) is 33.9 Å². The molecule has 132 valence electrons. The van der Waals surface area contributed by atoms with Gasteiger partial charge in [-0.15, -0.1) is 0 Å². The fraction of sp³-hybridized carbons (Fsp3) is 0.556. The molecule has 0 bridgehead atoms. The van der Waals surface area contributed by atoms with Gasteiger partial charge in [0.25, 0.3) is 5.91 Å². The largest absolute Gasteiger partial charge is 0.493 e. The molecule has 1 aromatic carbocycles. The molecule has 6 heteroatoms. The highest BCUT2D eigenvalue weighted by Gasteiger charge is 2.37. The highest BCUT2D eigenvalue weighted by atomic mass is 16.5. The number of likely N-dealkylation sites (tertiary alicyclic amines) is 1. The molecule has 6 nitrogen and oxygen atoms in total. The Labute approximate surface area is 143 Å². The maximum absolute atomic E-state index is 13.0. The Morgan fingerprint density at radius 1 is 1.21 bits per heavy atom. The molecular weight excluding hydrogens is 308 g/mol. The summed E-state index contributed by atoms with van der Waals surface area (Å²) in [4.78, 5) is 29.2. The molecule has 0 saturated carbocycles. The van der Waals surface area contributed by atoms with Crippen LogP contribution in [0.1, 0.15) is 37.0 Å². The zero-order chi connectivity index (χ0) is 17.7. The number of carbonyl (C=O) groups is 2. The second kappa shape index (κ2) is 8.04. The lowest BCUT2D eigenvalue weighted by Gasteiger charge is -2.29. The predicted octanol–water partition coefficient (Wildman–Crippen LogP) is 2.18. The molecule has 0 N–H and O–H groups in total. The number of rotatable bonds is 6. The van der Waals surface area contributed by atoms with Gasteiger partial charge in [-0.2, -0.15) is 0 Å². The van der Waals surface area contributed by atoms with Crippen molar-refractivity contribution in [1.82, 2.24) is 9.80 Å². The lowest BCUT2D eigenvalue weighted by atomic mass is 10.1. The number of nitrogens with zero attached hydrogens (tertiary/aromatic N) is 2. The van der Waals surface area contributed by atoms with E-state index in [9.17, 15) is 9.59 Å². The van der Waals surface area contributed by atoms with Crippen LogP contribution in [0.3, 0.4) is 0 Å². The molecule has 0 spiro atoms. The first-order valence-electron chi connectivity index (χ1n) is 8.39. The van der Waals surface area contributed by atoms with E-state index in [1.807, 2.05) is 13.8 Å². The van der Waals surface area contributed by atoms with Crippen LogP contribution in [-0.4, -0.2) is 61.5 Å². The van der Waals surface area contributed by atoms with E-state index in [2.05, 4.69) is 0 Å². The molecular formula is C18H26N2O4. The van der Waals surface area contributed by atoms with Crippen LogP contribution in [0.4, 0.5) is 0 Å². The van der Waals surface area contributed by atoms with E-state index >= 15 is 0 Å². The van der Waals surface area contributed by atoms with Gasteiger partial charge in [0.1, 0.15) is 6.04 Å². The number of amides is 2. The van der Waals surface area contributed by atoms with Crippen LogP contribution in [0.2, 0.25) is 0 Å². The summed E-state index contributed by atoms with van der Waals surface area (Å²) in [6.07, 6.45) is 1.53. The van der Waals surface area contributed by atoms with E-state index in [1.54, 1.807) is 28.0 Å². The monoisotopic (exact) mass is 334 g/mol. The van der Waals surface area contributed by atoms with Crippen molar-refractivity contribution in [1.29, 1.82) is 0 Å². The van der Waals surface area contributed by atoms with E-state index in [0.717, 1.165) is 6.42 Å². The fourth-order valence-electron chi connectivity index (χ4n) is 3.22. The summed E-state index contributed by atoms with van der Waals surface area (Å²) < 4.78 is 10.6. The van der Waals surface area contributed by atoms with Gasteiger partial charge in [-0.05, 0) is 38.8 Å². The van der Waals surface area contributed by atoms with E-state index < -0.39 is 6.04 Å². The van der Waals surface area contributed by atoms with Crippen molar-refractivity contribution in [3.05, 3.63) is 23.8 Å². The molecule has 1 atom stereocenters. The Morgan fingerprint density at radius 3 is 2.50 bits per heavy atom. The van der Waals surface area contributed by atoms with Crippen molar-refractivity contribution in [2.45, 2.75) is 32.7 Å². The van der Waals surface area contributed by atoms with E-state index in [0.29, 0.717) is 43.1 Å². The standard InChI is InChI=1S/C18H26N2O4/c1-5-19(6-2)18(22)14-10-8-12-20(14)17(21)13-9-7-11-15(23-3)16(13)24-4/h7,9,11,14H,5-6,8,10,12H2,1-4H3. The molecule has 1 aliphatic rings. The van der Waals surface area contributed by atoms with E-state index in [4.69, 9.17) is 9.47 Å². The third-order valence-electron chi connectivity index (χ3n) is 4.51. The van der Waals surface area contributed by atoms with Gasteiger partial charge in [0.15, 0.2) is 11.5 Å². The number of benzene rings is 1. The minimum atomic E-state index is -0.395. The van der Waals surface area contributed by atoms with Crippen LogP contribution in [0.25, 0.3) is 0 Å². The Bertz CT molecular complexity index is 599. The Balaban J connectivity index is 2.30. The van der Waals surface area contributed by atoms with Gasteiger partial charge in [-0.1, -0.05) is 6.07 Å². The van der Waals surface area contributed by atoms with Crippen LogP contribution < -0.4 is 9.47 Å². The number of likely N-dealkylation sites (N-methyl/N-ethyl adjacent to an activating group) is 1. The highest BCUT2D eigenvalue weighted by molar-refractivity contribution is 6.00. The quantitative estimate of drug-likeness (QED) is 0.800. The molecule has 1 saturated heterocycles. The summed E-state index contributed by atoms with van der Waals surface area (Å²) >= 11 is 0. The number of para-hydroxylation sites is 1. The molecule has 2 rings (SSSR count). The summed E-state index contributed by atoms with van der Waals surface area (Å²) in [5.41, 5.74) is 0.427. The molecule has 1 fully saturated rings. The number of methoxy groups -OCH3 is 2. The number of carbonyl (C=O) groups excluding carboxylic acids is 2. The number of ether oxygens (including phenoxy) is 2. The van der Waals surface area contributed by atoms with Gasteiger partial charge in [0, 0.05) is 19.6 Å². The van der Waals surface area contributed by atoms with Crippen LogP contribution in [0.5, 0.6) is 11.5 Å². The number of hydrogen-bond donors (Lipinski definition) is 0. The molecule has 1 heterocycles. The van der Waals surface area contributed by atoms with Crippen LogP contribution in [0, 0.1) is 0 Å². The van der Waals surface area contributed by atoms with Crippen molar-refractivity contribution < 1.29 is 19.1 Å². The van der Waals surface area contributed by atoms with Crippen LogP contribution >= 0.6 is 0 Å². The molecule has 0 aromatic heterocycles. The lowest BCUT2D eigenvalue weighted by molar-refractivity contribution is -0.134. The zero-order valence-electron chi connectivity index (χ0n) is 14.9. The first-order chi connectivity index (χ1) is 11.6. The van der Waals surface area contributed by atoms with E-state index in [-0.39, 0.29) is 11.8 Å². The maximum atomic E-state index is 13.0. The van der Waals surface area contributed by atoms with Crippen LogP contribution in [-0.2, 0) is 4.79 Å². The van der Waals surface area contributed by atoms with Crippen molar-refractivity contribution in [3.8, 4) is 11.5 Å². The summed E-state index contributed by atoms with van der Waals surface area (Å²) in [6.45, 7) is 5.78. The average Bonchev–Trinajstić information content (AvgIpc) is 3.10. The maximum Gasteiger partial charge on any atom is 0.258 e. The Morgan fingerprint density at radius 2 is 1.92 bits per heavy atom. The SMILES string of the molecule is CCN(CC)C(=O)C1CCCN1C(=O)c1cccc(OC)c1OC. The predicted molar refractivity (Wildman–Crippen MR) is 91.5 cm³/mol. The molecule has 24 heavy (non-hydrogen) atoms. The topological polar surface area (TPSA) is 59.1 Å². The summed E-state index contributed by atoms with van der Waals surface area (Å²) in [7, 11) is 3.05. The molecule has 1 unspecified atom stereocenters. The third-order valence-corrected chi connectivity index (χ3v) is 4.51. The van der Waals surface area contributed by atoms with Crippen LogP contribution in [0.15, 0.2) is 18.2 Å². The van der Waals surface area contributed by atoms with Crippen molar-refractivity contribution in [2.24, 2.45) is 0 Å². The zero-order valence-corrected chi connectivity index (χ0v) is 14.9. The number of hydrogen-bond acceptors (Lipinski definition) is 4. The lowest BCUT2D eigenvalue weighted by Crippen LogP contribution is -2.47. The van der Waals surface area contributed by atoms with Crippen molar-refractivity contribution >= 4 is 11.8 Å². The first kappa shape index (κ1) is 18.1. The van der Waals surface area contributed by atoms with Crippen molar-refractivity contribution in [3.63, 3.8) is 0 Å². The smallest absolute Gasteiger partial charge is 0.258 e. The molecule has 0 aliphatic carbocycles. The average molecular weight is 334 g/mol. The van der Waals surface area contributed by atoms with Gasteiger partial charge in [0.05, 0.1) is 19.8 Å². The Hall–Kier alpha value is -2.24. The first-order valence-corrected chi connectivity index (χ1v) is 8.39. The molecule has 1 aliphatic heterocycles. The Kier molecular flexibility index (Phi) is 6.06. The highest BCUT2D eigenvalue weighted by Crippen LogP contribution is 2.33. The minimum absolute atomic E-state index is 0.0210. The summed E-state index contributed by atoms with van der Waals surface area (Å²) in [5, 5.41) is 0. The van der Waals surface area contributed by atoms with Gasteiger partial charge >= 0.3 is 0 Å². The van der Waals surface area contributed by atoms with Gasteiger partial charge < -0.3 is 19.3 Å². The van der Waals surface area contributed by atoms with Gasteiger partial charge in [-0.3, -0.25) is 9.59 Å². The fourth-order valence-corrected chi connectivity index (χ4v) is 3.22. The second-order valence-electron chi connectivity index (χ2n) is 5.71. The van der Waals surface area contributed by atoms with Gasteiger partial charge in [0.2, 0.25) is 5.91 Å². The summed E-state index contributed by atoms with van der Waals surface area (Å²) in [5.74, 6) is 0.751. The minimum Gasteiger partial charge on any atom is -0.493 e.